The maximum Gasteiger partial charge on any atom is 0.490 e. The molecular weight excluding hydrogens is 573 g/mol. The highest BCUT2D eigenvalue weighted by Crippen LogP contribution is 2.66. The second-order valence-corrected chi connectivity index (χ2v) is 11.3. The fraction of sp³-hybridized carbons (Fsp3) is 0.303. The normalized spacial score (nSPS) is 21.5. The van der Waals surface area contributed by atoms with Gasteiger partial charge in [-0.1, -0.05) is 60.7 Å². The number of aromatic nitrogens is 2. The number of H-pyrrole nitrogens is 1. The number of carboxylic acids is 1. The molecule has 3 aromatic carbocycles. The fourth-order valence-electron chi connectivity index (χ4n) is 6.20. The number of morpholine rings is 1. The van der Waals surface area contributed by atoms with E-state index in [1.807, 2.05) is 30.1 Å². The maximum absolute atomic E-state index is 13.2. The van der Waals surface area contributed by atoms with Crippen molar-refractivity contribution in [1.29, 1.82) is 0 Å². The Hall–Kier alpha value is -4.48. The molecule has 0 radical (unpaired) electrons. The van der Waals surface area contributed by atoms with Crippen LogP contribution in [0.15, 0.2) is 66.7 Å². The van der Waals surface area contributed by atoms with Crippen LogP contribution in [-0.2, 0) is 26.3 Å². The maximum atomic E-state index is 13.2. The summed E-state index contributed by atoms with van der Waals surface area (Å²) in [7, 11) is 1.89. The molecule has 3 heterocycles. The molecule has 1 aromatic heterocycles. The zero-order chi connectivity index (χ0) is 31.1. The summed E-state index contributed by atoms with van der Waals surface area (Å²) in [6, 6.07) is 23.4. The van der Waals surface area contributed by atoms with Gasteiger partial charge in [-0.3, -0.25) is 14.8 Å². The number of carbonyl (C=O) groups is 2. The number of aromatic amines is 1. The predicted octanol–water partition coefficient (Wildman–Crippen LogP) is 5.60. The first-order valence-corrected chi connectivity index (χ1v) is 14.3. The topological polar surface area (TPSA) is 98.8 Å². The monoisotopic (exact) mass is 604 g/mol. The Bertz CT molecular complexity index is 1730. The van der Waals surface area contributed by atoms with Crippen LogP contribution in [0.5, 0.6) is 0 Å². The third kappa shape index (κ3) is 5.60. The van der Waals surface area contributed by atoms with E-state index in [-0.39, 0.29) is 11.8 Å². The Morgan fingerprint density at radius 2 is 1.80 bits per heavy atom. The van der Waals surface area contributed by atoms with Crippen LogP contribution in [0.4, 0.5) is 18.9 Å². The van der Waals surface area contributed by atoms with Crippen molar-refractivity contribution in [1.82, 2.24) is 15.1 Å². The number of aliphatic carboxylic acids is 1. The van der Waals surface area contributed by atoms with E-state index in [4.69, 9.17) is 14.6 Å². The van der Waals surface area contributed by atoms with Gasteiger partial charge in [-0.2, -0.15) is 18.3 Å². The second kappa shape index (κ2) is 11.5. The highest BCUT2D eigenvalue weighted by atomic mass is 19.4. The van der Waals surface area contributed by atoms with Crippen molar-refractivity contribution >= 4 is 40.6 Å². The van der Waals surface area contributed by atoms with E-state index < -0.39 is 17.6 Å². The van der Waals surface area contributed by atoms with Crippen molar-refractivity contribution in [3.05, 3.63) is 94.7 Å². The Kier molecular flexibility index (Phi) is 7.77. The Balaban J connectivity index is 0.000000441. The third-order valence-electron chi connectivity index (χ3n) is 8.58. The van der Waals surface area contributed by atoms with Gasteiger partial charge >= 0.3 is 12.1 Å². The Labute approximate surface area is 251 Å². The molecule has 44 heavy (non-hydrogen) atoms. The van der Waals surface area contributed by atoms with Gasteiger partial charge in [-0.25, -0.2) is 4.79 Å². The number of carbonyl (C=O) groups excluding carboxylic acids is 1. The lowest BCUT2D eigenvalue weighted by Crippen LogP contribution is -2.35. The van der Waals surface area contributed by atoms with Crippen molar-refractivity contribution in [3.8, 4) is 0 Å². The second-order valence-electron chi connectivity index (χ2n) is 11.3. The summed E-state index contributed by atoms with van der Waals surface area (Å²) in [5, 5.41) is 16.0. The number of hydrogen-bond acceptors (Lipinski definition) is 5. The van der Waals surface area contributed by atoms with Crippen molar-refractivity contribution < 1.29 is 32.6 Å². The number of ether oxygens (including phenoxy) is 1. The number of nitrogens with one attached hydrogen (secondary N) is 1. The van der Waals surface area contributed by atoms with Gasteiger partial charge in [0.25, 0.3) is 0 Å². The molecule has 11 heteroatoms. The largest absolute Gasteiger partial charge is 0.490 e. The first-order chi connectivity index (χ1) is 21.1. The van der Waals surface area contributed by atoms with Gasteiger partial charge in [0, 0.05) is 43.7 Å². The molecule has 1 amide bonds. The standard InChI is InChI=1S/C31H30N4O2.C2HF3O2/c1-34-29-5-3-2-4-25(29)31(30(34)36)19-26(31)23-11-12-24-27(32-33-28(24)18-23)13-10-21-6-8-22(9-7-21)20-35-14-16-37-17-15-35;3-2(4,5)1(6)7/h2-13,18,26H,14-17,19-20H2,1H3,(H,32,33);(H,6,7)/b13-10+;. The van der Waals surface area contributed by atoms with E-state index >= 15 is 0 Å². The molecule has 2 N–H and O–H groups in total. The van der Waals surface area contributed by atoms with Crippen LogP contribution in [0.3, 0.4) is 0 Å². The van der Waals surface area contributed by atoms with Crippen LogP contribution in [0.25, 0.3) is 23.1 Å². The lowest BCUT2D eigenvalue weighted by atomic mass is 9.92. The van der Waals surface area contributed by atoms with Gasteiger partial charge in [0.1, 0.15) is 0 Å². The summed E-state index contributed by atoms with van der Waals surface area (Å²) in [5.41, 5.74) is 7.40. The van der Waals surface area contributed by atoms with E-state index in [1.54, 1.807) is 0 Å². The van der Waals surface area contributed by atoms with Crippen LogP contribution in [-0.4, -0.2) is 71.6 Å². The minimum absolute atomic E-state index is 0.203. The van der Waals surface area contributed by atoms with E-state index in [1.165, 1.54) is 11.1 Å². The molecule has 2 aliphatic heterocycles. The molecule has 1 spiro atoms. The molecular formula is C33H31F3N4O4. The molecule has 2 atom stereocenters. The van der Waals surface area contributed by atoms with E-state index in [2.05, 4.69) is 75.8 Å². The zero-order valence-electron chi connectivity index (χ0n) is 24.0. The number of likely N-dealkylation sites (N-methyl/N-ethyl adjacent to an activating group) is 1. The number of hydrogen-bond donors (Lipinski definition) is 2. The number of amides is 1. The number of carboxylic acid groups (broad SMARTS) is 1. The van der Waals surface area contributed by atoms with Crippen LogP contribution in [0.2, 0.25) is 0 Å². The van der Waals surface area contributed by atoms with E-state index in [0.29, 0.717) is 0 Å². The van der Waals surface area contributed by atoms with Crippen LogP contribution < -0.4 is 4.90 Å². The highest BCUT2D eigenvalue weighted by molar-refractivity contribution is 6.11. The van der Waals surface area contributed by atoms with Gasteiger partial charge < -0.3 is 14.7 Å². The van der Waals surface area contributed by atoms with Crippen molar-refractivity contribution in [3.63, 3.8) is 0 Å². The summed E-state index contributed by atoms with van der Waals surface area (Å²) >= 11 is 0. The number of rotatable bonds is 5. The first kappa shape index (κ1) is 29.6. The van der Waals surface area contributed by atoms with Gasteiger partial charge in [-0.15, -0.1) is 0 Å². The number of para-hydroxylation sites is 1. The average Bonchev–Trinajstić information content (AvgIpc) is 3.59. The average molecular weight is 605 g/mol. The van der Waals surface area contributed by atoms with Crippen molar-refractivity contribution in [2.24, 2.45) is 0 Å². The molecule has 7 rings (SSSR count). The predicted molar refractivity (Wildman–Crippen MR) is 160 cm³/mol. The smallest absolute Gasteiger partial charge is 0.475 e. The van der Waals surface area contributed by atoms with Gasteiger partial charge in [0.05, 0.1) is 29.8 Å². The molecule has 0 bridgehead atoms. The van der Waals surface area contributed by atoms with Crippen molar-refractivity contribution in [2.45, 2.75) is 30.5 Å². The summed E-state index contributed by atoms with van der Waals surface area (Å²) in [4.78, 5) is 26.4. The van der Waals surface area contributed by atoms with E-state index in [0.717, 1.165) is 72.7 Å². The molecule has 228 valence electrons. The number of halogens is 3. The number of anilines is 1. The quantitative estimate of drug-likeness (QED) is 0.308. The summed E-state index contributed by atoms with van der Waals surface area (Å²) in [6.07, 6.45) is -0.0389. The number of fused-ring (bicyclic) bond motifs is 3. The highest BCUT2D eigenvalue weighted by Gasteiger charge is 2.66. The zero-order valence-corrected chi connectivity index (χ0v) is 24.0. The fourth-order valence-corrected chi connectivity index (χ4v) is 6.20. The third-order valence-corrected chi connectivity index (χ3v) is 8.58. The Morgan fingerprint density at radius 3 is 2.50 bits per heavy atom. The molecule has 4 aromatic rings. The molecule has 8 nitrogen and oxygen atoms in total. The van der Waals surface area contributed by atoms with Gasteiger partial charge in [0.2, 0.25) is 5.91 Å². The lowest BCUT2D eigenvalue weighted by molar-refractivity contribution is -0.192. The number of nitrogens with zero attached hydrogens (tertiary/aromatic N) is 3. The summed E-state index contributed by atoms with van der Waals surface area (Å²) in [5.74, 6) is -2.34. The molecule has 2 unspecified atom stereocenters. The number of benzene rings is 3. The molecule has 1 saturated carbocycles. The van der Waals surface area contributed by atoms with Gasteiger partial charge in [0.15, 0.2) is 0 Å². The Morgan fingerprint density at radius 1 is 1.09 bits per heavy atom. The van der Waals surface area contributed by atoms with Crippen LogP contribution in [0.1, 0.15) is 40.3 Å². The minimum Gasteiger partial charge on any atom is -0.475 e. The van der Waals surface area contributed by atoms with Crippen LogP contribution in [0, 0.1) is 0 Å². The van der Waals surface area contributed by atoms with Gasteiger partial charge in [-0.05, 0) is 46.9 Å². The first-order valence-electron chi connectivity index (χ1n) is 14.3. The van der Waals surface area contributed by atoms with Crippen molar-refractivity contribution in [2.75, 3.05) is 38.3 Å². The van der Waals surface area contributed by atoms with Crippen LogP contribution >= 0.6 is 0 Å². The van der Waals surface area contributed by atoms with E-state index in [9.17, 15) is 18.0 Å². The molecule has 1 saturated heterocycles. The molecule has 2 fully saturated rings. The summed E-state index contributed by atoms with van der Waals surface area (Å²) < 4.78 is 37.2. The minimum atomic E-state index is -5.08. The molecule has 1 aliphatic carbocycles. The number of alkyl halides is 3. The molecule has 3 aliphatic rings. The SMILES string of the molecule is CN1C(=O)C2(CC2c2ccc3c(/C=C/c4ccc(CN5CCOCC5)cc4)n[nH]c3c2)c2ccccc21.O=C(O)C(F)(F)F. The lowest BCUT2D eigenvalue weighted by Gasteiger charge is -2.26. The summed E-state index contributed by atoms with van der Waals surface area (Å²) in [6.45, 7) is 4.61.